The van der Waals surface area contributed by atoms with Crippen LogP contribution in [-0.4, -0.2) is 58.0 Å². The van der Waals surface area contributed by atoms with Gasteiger partial charge in [-0.2, -0.15) is 0 Å². The van der Waals surface area contributed by atoms with Crippen LogP contribution >= 0.6 is 0 Å². The van der Waals surface area contributed by atoms with Crippen LogP contribution in [0.25, 0.3) is 11.0 Å². The number of carbonyl (C=O) groups is 2. The minimum atomic E-state index is -0.989. The number of para-hydroxylation sites is 2. The maximum atomic E-state index is 14.2. The van der Waals surface area contributed by atoms with E-state index in [4.69, 9.17) is 9.47 Å². The third-order valence-corrected chi connectivity index (χ3v) is 6.54. The van der Waals surface area contributed by atoms with Gasteiger partial charge in [-0.3, -0.25) is 9.59 Å². The molecule has 0 aliphatic carbocycles. The van der Waals surface area contributed by atoms with E-state index < -0.39 is 11.6 Å². The van der Waals surface area contributed by atoms with E-state index in [1.807, 2.05) is 70.2 Å². The molecule has 0 spiro atoms. The second-order valence-corrected chi connectivity index (χ2v) is 10.8. The van der Waals surface area contributed by atoms with Gasteiger partial charge in [0.25, 0.3) is 0 Å². The lowest BCUT2D eigenvalue weighted by Crippen LogP contribution is -2.50. The molecule has 1 heterocycles. The number of aryl methyl sites for hydroxylation is 1. The second-order valence-electron chi connectivity index (χ2n) is 10.8. The summed E-state index contributed by atoms with van der Waals surface area (Å²) in [6.45, 7) is 7.96. The van der Waals surface area contributed by atoms with E-state index in [0.29, 0.717) is 29.0 Å². The number of carbonyl (C=O) groups excluding carboxylic acids is 2. The summed E-state index contributed by atoms with van der Waals surface area (Å²) in [6.07, 6.45) is 0.553. The van der Waals surface area contributed by atoms with Gasteiger partial charge in [-0.15, -0.1) is 5.10 Å². The summed E-state index contributed by atoms with van der Waals surface area (Å²) in [6, 6.07) is 20.0. The van der Waals surface area contributed by atoms with Gasteiger partial charge < -0.3 is 19.7 Å². The van der Waals surface area contributed by atoms with Crippen molar-refractivity contribution in [2.75, 3.05) is 20.8 Å². The standard InChI is InChI=1S/C31H37N5O4/c1-21-11-9-12-22(19-21)17-18-35(27(37)20-36-25-15-8-7-14-24(25)33-34-36)28(30(38)32-31(2,3)4)23-13-10-16-26(39-5)29(23)40-6/h7-16,19,28H,17-18,20H2,1-6H3,(H,32,38)/t28-/m1/s1. The molecule has 0 bridgehead atoms. The molecule has 2 amide bonds. The number of rotatable bonds is 10. The first kappa shape index (κ1) is 28.6. The van der Waals surface area contributed by atoms with Gasteiger partial charge in [0, 0.05) is 17.6 Å². The summed E-state index contributed by atoms with van der Waals surface area (Å²) in [5, 5.41) is 11.5. The number of fused-ring (bicyclic) bond motifs is 1. The summed E-state index contributed by atoms with van der Waals surface area (Å²) < 4.78 is 12.8. The Kier molecular flexibility index (Phi) is 8.72. The van der Waals surface area contributed by atoms with Gasteiger partial charge in [-0.1, -0.05) is 59.3 Å². The van der Waals surface area contributed by atoms with Crippen LogP contribution in [-0.2, 0) is 22.6 Å². The molecule has 210 valence electrons. The third kappa shape index (κ3) is 6.59. The highest BCUT2D eigenvalue weighted by molar-refractivity contribution is 5.90. The van der Waals surface area contributed by atoms with Crippen molar-refractivity contribution in [1.29, 1.82) is 0 Å². The Morgan fingerprint density at radius 2 is 1.75 bits per heavy atom. The number of ether oxygens (including phenoxy) is 2. The minimum absolute atomic E-state index is 0.0834. The molecule has 0 aliphatic heterocycles. The quantitative estimate of drug-likeness (QED) is 0.317. The fraction of sp³-hybridized carbons (Fsp3) is 0.355. The monoisotopic (exact) mass is 543 g/mol. The molecule has 1 N–H and O–H groups in total. The van der Waals surface area contributed by atoms with Crippen molar-refractivity contribution in [3.05, 3.63) is 83.4 Å². The highest BCUT2D eigenvalue weighted by Crippen LogP contribution is 2.37. The Balaban J connectivity index is 1.80. The van der Waals surface area contributed by atoms with Crippen molar-refractivity contribution >= 4 is 22.8 Å². The summed E-state index contributed by atoms with van der Waals surface area (Å²) in [5.41, 5.74) is 3.62. The zero-order chi connectivity index (χ0) is 28.9. The maximum absolute atomic E-state index is 14.2. The first-order valence-corrected chi connectivity index (χ1v) is 13.3. The molecule has 1 aromatic heterocycles. The van der Waals surface area contributed by atoms with Crippen LogP contribution in [0.5, 0.6) is 11.5 Å². The van der Waals surface area contributed by atoms with E-state index in [0.717, 1.165) is 16.6 Å². The summed E-state index contributed by atoms with van der Waals surface area (Å²) in [4.78, 5) is 29.8. The molecule has 0 saturated heterocycles. The first-order chi connectivity index (χ1) is 19.1. The summed E-state index contributed by atoms with van der Waals surface area (Å²) in [7, 11) is 3.07. The molecular weight excluding hydrogens is 506 g/mol. The normalized spacial score (nSPS) is 12.2. The Hall–Kier alpha value is -4.40. The van der Waals surface area contributed by atoms with E-state index in [9.17, 15) is 9.59 Å². The van der Waals surface area contributed by atoms with E-state index in [1.165, 1.54) is 7.11 Å². The average molecular weight is 544 g/mol. The van der Waals surface area contributed by atoms with Gasteiger partial charge in [0.1, 0.15) is 18.1 Å². The average Bonchev–Trinajstić information content (AvgIpc) is 3.32. The lowest BCUT2D eigenvalue weighted by Gasteiger charge is -2.34. The Labute approximate surface area is 235 Å². The van der Waals surface area contributed by atoms with Gasteiger partial charge in [0.2, 0.25) is 11.8 Å². The second kappa shape index (κ2) is 12.2. The number of benzene rings is 3. The third-order valence-electron chi connectivity index (χ3n) is 6.54. The van der Waals surface area contributed by atoms with Crippen LogP contribution in [0.4, 0.5) is 0 Å². The maximum Gasteiger partial charge on any atom is 0.247 e. The van der Waals surface area contributed by atoms with Crippen molar-refractivity contribution in [3.8, 4) is 11.5 Å². The Bertz CT molecular complexity index is 1490. The number of hydrogen-bond donors (Lipinski definition) is 1. The molecule has 3 aromatic carbocycles. The number of amides is 2. The zero-order valence-corrected chi connectivity index (χ0v) is 24.0. The molecular formula is C31H37N5O4. The fourth-order valence-corrected chi connectivity index (χ4v) is 4.78. The van der Waals surface area contributed by atoms with Crippen LogP contribution < -0.4 is 14.8 Å². The SMILES string of the molecule is COc1cccc([C@H](C(=O)NC(C)(C)C)N(CCc2cccc(C)c2)C(=O)Cn2nnc3ccccc32)c1OC. The molecule has 9 nitrogen and oxygen atoms in total. The highest BCUT2D eigenvalue weighted by Gasteiger charge is 2.36. The molecule has 0 unspecified atom stereocenters. The number of aromatic nitrogens is 3. The summed E-state index contributed by atoms with van der Waals surface area (Å²) in [5.74, 6) is 0.280. The molecule has 1 atom stereocenters. The van der Waals surface area contributed by atoms with Crippen molar-refractivity contribution < 1.29 is 19.1 Å². The minimum Gasteiger partial charge on any atom is -0.493 e. The smallest absolute Gasteiger partial charge is 0.247 e. The molecule has 0 radical (unpaired) electrons. The molecule has 0 fully saturated rings. The van der Waals surface area contributed by atoms with E-state index >= 15 is 0 Å². The van der Waals surface area contributed by atoms with Crippen LogP contribution in [0.15, 0.2) is 66.7 Å². The van der Waals surface area contributed by atoms with Crippen molar-refractivity contribution in [3.63, 3.8) is 0 Å². The lowest BCUT2D eigenvalue weighted by molar-refractivity contribution is -0.142. The van der Waals surface area contributed by atoms with Gasteiger partial charge >= 0.3 is 0 Å². The van der Waals surface area contributed by atoms with E-state index in [2.05, 4.69) is 21.7 Å². The highest BCUT2D eigenvalue weighted by atomic mass is 16.5. The number of nitrogens with one attached hydrogen (secondary N) is 1. The molecule has 0 aliphatic rings. The first-order valence-electron chi connectivity index (χ1n) is 13.3. The van der Waals surface area contributed by atoms with Crippen molar-refractivity contribution in [2.45, 2.75) is 52.2 Å². The predicted molar refractivity (Wildman–Crippen MR) is 154 cm³/mol. The van der Waals surface area contributed by atoms with Crippen LogP contribution in [0.3, 0.4) is 0 Å². The molecule has 9 heteroatoms. The molecule has 0 saturated carbocycles. The van der Waals surface area contributed by atoms with Crippen LogP contribution in [0.2, 0.25) is 0 Å². The Morgan fingerprint density at radius 1 is 1.00 bits per heavy atom. The number of nitrogens with zero attached hydrogens (tertiary/aromatic N) is 4. The van der Waals surface area contributed by atoms with Gasteiger partial charge in [-0.25, -0.2) is 4.68 Å². The molecule has 4 aromatic rings. The number of hydrogen-bond acceptors (Lipinski definition) is 6. The van der Waals surface area contributed by atoms with E-state index in [-0.39, 0.29) is 24.9 Å². The van der Waals surface area contributed by atoms with Crippen molar-refractivity contribution in [2.24, 2.45) is 0 Å². The van der Waals surface area contributed by atoms with Crippen molar-refractivity contribution in [1.82, 2.24) is 25.2 Å². The fourth-order valence-electron chi connectivity index (χ4n) is 4.78. The molecule has 4 rings (SSSR count). The van der Waals surface area contributed by atoms with Crippen LogP contribution in [0, 0.1) is 6.92 Å². The van der Waals surface area contributed by atoms with Gasteiger partial charge in [0.05, 0.1) is 19.7 Å². The topological polar surface area (TPSA) is 98.6 Å². The Morgan fingerprint density at radius 3 is 2.45 bits per heavy atom. The van der Waals surface area contributed by atoms with Gasteiger partial charge in [-0.05, 0) is 57.9 Å². The lowest BCUT2D eigenvalue weighted by atomic mass is 9.99. The van der Waals surface area contributed by atoms with Crippen LogP contribution in [0.1, 0.15) is 43.5 Å². The van der Waals surface area contributed by atoms with Gasteiger partial charge in [0.15, 0.2) is 11.5 Å². The van der Waals surface area contributed by atoms with E-state index in [1.54, 1.807) is 34.9 Å². The predicted octanol–water partition coefficient (Wildman–Crippen LogP) is 4.48. The summed E-state index contributed by atoms with van der Waals surface area (Å²) >= 11 is 0. The molecule has 40 heavy (non-hydrogen) atoms. The largest absolute Gasteiger partial charge is 0.493 e. The number of methoxy groups -OCH3 is 2. The zero-order valence-electron chi connectivity index (χ0n) is 24.0.